The highest BCUT2D eigenvalue weighted by Crippen LogP contribution is 2.22. The Balaban J connectivity index is 1.43. The van der Waals surface area contributed by atoms with Crippen molar-refractivity contribution in [2.24, 2.45) is 0 Å². The van der Waals surface area contributed by atoms with Crippen LogP contribution in [0, 0.1) is 0 Å². The molecule has 1 aliphatic heterocycles. The number of hydrogen-bond donors (Lipinski definition) is 1. The van der Waals surface area contributed by atoms with Gasteiger partial charge in [-0.05, 0) is 25.0 Å². The summed E-state index contributed by atoms with van der Waals surface area (Å²) in [6.45, 7) is 4.28. The Morgan fingerprint density at radius 3 is 2.52 bits per heavy atom. The van der Waals surface area contributed by atoms with Crippen LogP contribution in [0.5, 0.6) is 5.75 Å². The summed E-state index contributed by atoms with van der Waals surface area (Å²) in [5.41, 5.74) is 1.20. The standard InChI is InChI=1S/C20H31N3O2/c1-25-19-10-6-9-18(15-19)23-13-11-22(12-14-23)16-20(24)21-17-7-4-2-3-5-8-17/h6,9-10,15,17H,2-5,7-8,11-14,16H2,1H3,(H,21,24). The molecule has 2 aliphatic rings. The number of ether oxygens (including phenoxy) is 1. The van der Waals surface area contributed by atoms with Gasteiger partial charge in [0.1, 0.15) is 5.75 Å². The molecule has 0 bridgehead atoms. The number of nitrogens with zero attached hydrogens (tertiary/aromatic N) is 2. The van der Waals surface area contributed by atoms with Crippen molar-refractivity contribution in [1.82, 2.24) is 10.2 Å². The minimum absolute atomic E-state index is 0.196. The van der Waals surface area contributed by atoms with Gasteiger partial charge in [-0.25, -0.2) is 0 Å². The van der Waals surface area contributed by atoms with E-state index in [1.54, 1.807) is 7.11 Å². The van der Waals surface area contributed by atoms with Crippen molar-refractivity contribution in [3.8, 4) is 5.75 Å². The summed E-state index contributed by atoms with van der Waals surface area (Å²) in [5, 5.41) is 3.25. The van der Waals surface area contributed by atoms with Crippen molar-refractivity contribution in [2.75, 3.05) is 44.7 Å². The van der Waals surface area contributed by atoms with E-state index in [9.17, 15) is 4.79 Å². The molecule has 0 radical (unpaired) electrons. The third kappa shape index (κ3) is 5.36. The number of hydrogen-bond acceptors (Lipinski definition) is 4. The van der Waals surface area contributed by atoms with Crippen molar-refractivity contribution in [1.29, 1.82) is 0 Å². The molecule has 0 unspecified atom stereocenters. The lowest BCUT2D eigenvalue weighted by Crippen LogP contribution is -2.50. The highest BCUT2D eigenvalue weighted by Gasteiger charge is 2.21. The van der Waals surface area contributed by atoms with Gasteiger partial charge in [-0.15, -0.1) is 0 Å². The zero-order valence-corrected chi connectivity index (χ0v) is 15.4. The van der Waals surface area contributed by atoms with Gasteiger partial charge in [-0.3, -0.25) is 9.69 Å². The van der Waals surface area contributed by atoms with Crippen LogP contribution in [-0.4, -0.2) is 56.7 Å². The molecule has 138 valence electrons. The summed E-state index contributed by atoms with van der Waals surface area (Å²) in [7, 11) is 1.70. The highest BCUT2D eigenvalue weighted by atomic mass is 16.5. The van der Waals surface area contributed by atoms with E-state index in [4.69, 9.17) is 4.74 Å². The van der Waals surface area contributed by atoms with Crippen LogP contribution in [0.1, 0.15) is 38.5 Å². The Labute approximate surface area is 151 Å². The van der Waals surface area contributed by atoms with E-state index in [1.807, 2.05) is 12.1 Å². The first kappa shape index (κ1) is 18.1. The van der Waals surface area contributed by atoms with Gasteiger partial charge in [-0.2, -0.15) is 0 Å². The second-order valence-electron chi connectivity index (χ2n) is 7.22. The fraction of sp³-hybridized carbons (Fsp3) is 0.650. The zero-order valence-electron chi connectivity index (χ0n) is 15.4. The fourth-order valence-electron chi connectivity index (χ4n) is 3.87. The second-order valence-corrected chi connectivity index (χ2v) is 7.22. The lowest BCUT2D eigenvalue weighted by molar-refractivity contribution is -0.123. The molecule has 0 atom stereocenters. The average Bonchev–Trinajstić information content (AvgIpc) is 2.91. The van der Waals surface area contributed by atoms with E-state index in [2.05, 4.69) is 27.2 Å². The van der Waals surface area contributed by atoms with Crippen molar-refractivity contribution in [2.45, 2.75) is 44.6 Å². The quantitative estimate of drug-likeness (QED) is 0.834. The van der Waals surface area contributed by atoms with E-state index in [0.717, 1.165) is 44.8 Å². The molecular weight excluding hydrogens is 314 g/mol. The number of nitrogens with one attached hydrogen (secondary N) is 1. The van der Waals surface area contributed by atoms with Gasteiger partial charge >= 0.3 is 0 Å². The lowest BCUT2D eigenvalue weighted by atomic mass is 10.1. The molecule has 1 aromatic carbocycles. The molecule has 1 aliphatic carbocycles. The smallest absolute Gasteiger partial charge is 0.234 e. The number of methoxy groups -OCH3 is 1. The third-order valence-corrected chi connectivity index (χ3v) is 5.38. The maximum Gasteiger partial charge on any atom is 0.234 e. The van der Waals surface area contributed by atoms with Crippen molar-refractivity contribution < 1.29 is 9.53 Å². The van der Waals surface area contributed by atoms with Crippen LogP contribution in [0.15, 0.2) is 24.3 Å². The number of rotatable bonds is 5. The summed E-state index contributed by atoms with van der Waals surface area (Å²) < 4.78 is 5.31. The zero-order chi connectivity index (χ0) is 17.5. The molecule has 2 fully saturated rings. The maximum atomic E-state index is 12.3. The number of anilines is 1. The number of amides is 1. The van der Waals surface area contributed by atoms with Gasteiger partial charge in [-0.1, -0.05) is 31.7 Å². The Hall–Kier alpha value is -1.75. The molecular formula is C20H31N3O2. The first-order valence-electron chi connectivity index (χ1n) is 9.65. The van der Waals surface area contributed by atoms with E-state index in [1.165, 1.54) is 31.4 Å². The summed E-state index contributed by atoms with van der Waals surface area (Å²) in [5.74, 6) is 1.09. The van der Waals surface area contributed by atoms with Crippen LogP contribution >= 0.6 is 0 Å². The minimum Gasteiger partial charge on any atom is -0.497 e. The molecule has 5 nitrogen and oxygen atoms in total. The van der Waals surface area contributed by atoms with Crippen molar-refractivity contribution in [3.05, 3.63) is 24.3 Å². The molecule has 1 N–H and O–H groups in total. The molecule has 1 saturated carbocycles. The summed E-state index contributed by atoms with van der Waals surface area (Å²) in [6.07, 6.45) is 7.44. The predicted molar refractivity (Wildman–Crippen MR) is 101 cm³/mol. The van der Waals surface area contributed by atoms with Gasteiger partial charge in [0, 0.05) is 44.0 Å². The van der Waals surface area contributed by atoms with Gasteiger partial charge in [0.25, 0.3) is 0 Å². The van der Waals surface area contributed by atoms with Gasteiger partial charge in [0.15, 0.2) is 0 Å². The van der Waals surface area contributed by atoms with Crippen LogP contribution < -0.4 is 15.0 Å². The van der Waals surface area contributed by atoms with E-state index in [0.29, 0.717) is 12.6 Å². The monoisotopic (exact) mass is 345 g/mol. The summed E-state index contributed by atoms with van der Waals surface area (Å²) in [4.78, 5) is 17.0. The lowest BCUT2D eigenvalue weighted by Gasteiger charge is -2.36. The number of piperazine rings is 1. The summed E-state index contributed by atoms with van der Waals surface area (Å²) in [6, 6.07) is 8.59. The molecule has 1 aromatic rings. The normalized spacial score (nSPS) is 20.1. The third-order valence-electron chi connectivity index (χ3n) is 5.38. The van der Waals surface area contributed by atoms with E-state index < -0.39 is 0 Å². The first-order chi connectivity index (χ1) is 12.2. The van der Waals surface area contributed by atoms with Crippen LogP contribution in [0.2, 0.25) is 0 Å². The molecule has 1 amide bonds. The molecule has 5 heteroatoms. The Bertz CT molecular complexity index is 548. The number of benzene rings is 1. The summed E-state index contributed by atoms with van der Waals surface area (Å²) >= 11 is 0. The predicted octanol–water partition coefficient (Wildman–Crippen LogP) is 2.66. The van der Waals surface area contributed by atoms with E-state index >= 15 is 0 Å². The Morgan fingerprint density at radius 1 is 1.12 bits per heavy atom. The first-order valence-corrected chi connectivity index (χ1v) is 9.65. The van der Waals surface area contributed by atoms with E-state index in [-0.39, 0.29) is 5.91 Å². The van der Waals surface area contributed by atoms with Gasteiger partial charge < -0.3 is 15.0 Å². The topological polar surface area (TPSA) is 44.8 Å². The molecule has 0 aromatic heterocycles. The Morgan fingerprint density at radius 2 is 1.84 bits per heavy atom. The van der Waals surface area contributed by atoms with Crippen LogP contribution in [0.3, 0.4) is 0 Å². The maximum absolute atomic E-state index is 12.3. The molecule has 25 heavy (non-hydrogen) atoms. The van der Waals surface area contributed by atoms with Crippen LogP contribution in [-0.2, 0) is 4.79 Å². The second kappa shape index (κ2) is 9.09. The molecule has 1 saturated heterocycles. The largest absolute Gasteiger partial charge is 0.497 e. The van der Waals surface area contributed by atoms with Gasteiger partial charge in [0.05, 0.1) is 13.7 Å². The number of carbonyl (C=O) groups is 1. The highest BCUT2D eigenvalue weighted by molar-refractivity contribution is 5.78. The van der Waals surface area contributed by atoms with Crippen LogP contribution in [0.25, 0.3) is 0 Å². The van der Waals surface area contributed by atoms with Gasteiger partial charge in [0.2, 0.25) is 5.91 Å². The van der Waals surface area contributed by atoms with Crippen molar-refractivity contribution >= 4 is 11.6 Å². The van der Waals surface area contributed by atoms with Crippen molar-refractivity contribution in [3.63, 3.8) is 0 Å². The number of carbonyl (C=O) groups excluding carboxylic acids is 1. The fourth-order valence-corrected chi connectivity index (χ4v) is 3.87. The average molecular weight is 345 g/mol. The molecule has 0 spiro atoms. The minimum atomic E-state index is 0.196. The van der Waals surface area contributed by atoms with Crippen LogP contribution in [0.4, 0.5) is 5.69 Å². The molecule has 3 rings (SSSR count). The Kier molecular flexibility index (Phi) is 6.56. The molecule has 1 heterocycles. The SMILES string of the molecule is COc1cccc(N2CCN(CC(=O)NC3CCCCCC3)CC2)c1.